The van der Waals surface area contributed by atoms with Crippen LogP contribution in [0.4, 0.5) is 0 Å². The Labute approximate surface area is 264 Å². The second kappa shape index (κ2) is 9.87. The Balaban J connectivity index is 1.25. The molecule has 0 amide bonds. The number of hydrogen-bond acceptors (Lipinski definition) is 2. The molecule has 0 N–H and O–H groups in total. The smallest absolute Gasteiger partial charge is 0.160 e. The van der Waals surface area contributed by atoms with Crippen LogP contribution >= 0.6 is 15.9 Å². The summed E-state index contributed by atoms with van der Waals surface area (Å²) in [5, 5.41) is 6.34. The summed E-state index contributed by atoms with van der Waals surface area (Å²) in [6.45, 7) is 2.37. The minimum Gasteiger partial charge on any atom is -0.309 e. The molecule has 2 heterocycles. The number of rotatable bonds is 4. The number of halogens is 1. The van der Waals surface area contributed by atoms with Crippen molar-refractivity contribution in [2.24, 2.45) is 5.92 Å². The van der Waals surface area contributed by atoms with Gasteiger partial charge in [0, 0.05) is 37.4 Å². The summed E-state index contributed by atoms with van der Waals surface area (Å²) in [4.78, 5) is 10.1. The summed E-state index contributed by atoms with van der Waals surface area (Å²) in [5.41, 5.74) is 9.05. The highest BCUT2D eigenvalue weighted by atomic mass is 79.9. The van der Waals surface area contributed by atoms with Crippen molar-refractivity contribution in [3.8, 4) is 28.3 Å². The summed E-state index contributed by atoms with van der Waals surface area (Å²) in [7, 11) is 0. The molecule has 0 aliphatic heterocycles. The van der Waals surface area contributed by atoms with Crippen LogP contribution in [-0.2, 0) is 0 Å². The highest BCUT2D eigenvalue weighted by Crippen LogP contribution is 2.51. The van der Waals surface area contributed by atoms with Gasteiger partial charge in [0.15, 0.2) is 5.82 Å². The number of aromatic nitrogens is 3. The molecule has 1 fully saturated rings. The van der Waals surface area contributed by atoms with Gasteiger partial charge in [-0.25, -0.2) is 9.97 Å². The van der Waals surface area contributed by atoms with E-state index in [1.807, 2.05) is 12.1 Å². The molecule has 1 saturated carbocycles. The summed E-state index contributed by atoms with van der Waals surface area (Å²) >= 11 is 3.76. The van der Waals surface area contributed by atoms with E-state index in [2.05, 4.69) is 143 Å². The van der Waals surface area contributed by atoms with Crippen molar-refractivity contribution in [2.45, 2.75) is 19.3 Å². The zero-order valence-corrected chi connectivity index (χ0v) is 25.8. The van der Waals surface area contributed by atoms with E-state index in [1.54, 1.807) is 0 Å². The van der Waals surface area contributed by atoms with Gasteiger partial charge in [0.25, 0.3) is 0 Å². The summed E-state index contributed by atoms with van der Waals surface area (Å²) < 4.78 is 3.52. The van der Waals surface area contributed by atoms with Crippen LogP contribution < -0.4 is 0 Å². The largest absolute Gasteiger partial charge is 0.309 e. The fourth-order valence-corrected chi connectivity index (χ4v) is 7.36. The standard InChI is InChI=1S/C40H28BrN3/c1-24-21-32(24)33-23-37-38(30-12-6-5-11-29(30)33)34-22-27(41)17-20-36(34)44(37)28-18-15-26(16-19-28)40-42-35-14-8-7-13-31(35)39(43-40)25-9-3-2-4-10-25/h2-20,22-24,32H,21H2,1H3/t24?,32-/m0/s1. The average Bonchev–Trinajstić information content (AvgIpc) is 3.71. The average molecular weight is 631 g/mol. The van der Waals surface area contributed by atoms with Crippen molar-refractivity contribution in [3.63, 3.8) is 0 Å². The first-order valence-corrected chi connectivity index (χ1v) is 16.0. The van der Waals surface area contributed by atoms with Crippen LogP contribution in [0.25, 0.3) is 71.8 Å². The van der Waals surface area contributed by atoms with Crippen molar-refractivity contribution in [3.05, 3.63) is 137 Å². The van der Waals surface area contributed by atoms with E-state index in [9.17, 15) is 0 Å². The molecule has 4 heteroatoms. The zero-order chi connectivity index (χ0) is 29.4. The monoisotopic (exact) mass is 629 g/mol. The van der Waals surface area contributed by atoms with Crippen molar-refractivity contribution in [1.29, 1.82) is 0 Å². The maximum absolute atomic E-state index is 5.10. The number of nitrogens with zero attached hydrogens (tertiary/aromatic N) is 3. The summed E-state index contributed by atoms with van der Waals surface area (Å²) in [6.07, 6.45) is 1.26. The van der Waals surface area contributed by atoms with E-state index in [1.165, 1.54) is 44.6 Å². The molecule has 8 aromatic rings. The lowest BCUT2D eigenvalue weighted by molar-refractivity contribution is 0.920. The van der Waals surface area contributed by atoms with Gasteiger partial charge in [0.05, 0.1) is 22.2 Å². The summed E-state index contributed by atoms with van der Waals surface area (Å²) in [5.74, 6) is 2.08. The Hall–Kier alpha value is -4.80. The second-order valence-electron chi connectivity index (χ2n) is 12.0. The van der Waals surface area contributed by atoms with Gasteiger partial charge in [-0.1, -0.05) is 95.7 Å². The topological polar surface area (TPSA) is 30.7 Å². The van der Waals surface area contributed by atoms with Gasteiger partial charge in [0.1, 0.15) is 0 Å². The quantitative estimate of drug-likeness (QED) is 0.194. The maximum atomic E-state index is 5.10. The van der Waals surface area contributed by atoms with Crippen LogP contribution in [0.3, 0.4) is 0 Å². The zero-order valence-electron chi connectivity index (χ0n) is 24.2. The lowest BCUT2D eigenvalue weighted by Gasteiger charge is -2.13. The van der Waals surface area contributed by atoms with Gasteiger partial charge in [-0.2, -0.15) is 0 Å². The fourth-order valence-electron chi connectivity index (χ4n) is 7.00. The SMILES string of the molecule is CC1C[C@@H]1c1cc2c(c3ccccc13)c1cc(Br)ccc1n2-c1ccc(-c2nc(-c3ccccc3)c3ccccc3n2)cc1. The molecule has 0 saturated heterocycles. The molecule has 1 aliphatic rings. The molecule has 0 radical (unpaired) electrons. The minimum atomic E-state index is 0.619. The molecule has 44 heavy (non-hydrogen) atoms. The number of hydrogen-bond donors (Lipinski definition) is 0. The Kier molecular flexibility index (Phi) is 5.76. The lowest BCUT2D eigenvalue weighted by Crippen LogP contribution is -1.97. The number of para-hydroxylation sites is 1. The molecule has 9 rings (SSSR count). The molecule has 0 spiro atoms. The minimum absolute atomic E-state index is 0.619. The third-order valence-electron chi connectivity index (χ3n) is 9.31. The Morgan fingerprint density at radius 3 is 2.11 bits per heavy atom. The van der Waals surface area contributed by atoms with Crippen molar-refractivity contribution in [2.75, 3.05) is 0 Å². The predicted octanol–water partition coefficient (Wildman–Crippen LogP) is 11.1. The molecular weight excluding hydrogens is 602 g/mol. The Morgan fingerprint density at radius 1 is 0.636 bits per heavy atom. The second-order valence-corrected chi connectivity index (χ2v) is 13.0. The van der Waals surface area contributed by atoms with Crippen LogP contribution in [0.2, 0.25) is 0 Å². The first-order chi connectivity index (χ1) is 21.6. The van der Waals surface area contributed by atoms with Crippen LogP contribution in [0, 0.1) is 5.92 Å². The molecule has 6 aromatic carbocycles. The normalized spacial score (nSPS) is 16.3. The maximum Gasteiger partial charge on any atom is 0.160 e. The molecule has 1 aliphatic carbocycles. The van der Waals surface area contributed by atoms with Gasteiger partial charge >= 0.3 is 0 Å². The molecule has 2 atom stereocenters. The van der Waals surface area contributed by atoms with E-state index in [-0.39, 0.29) is 0 Å². The van der Waals surface area contributed by atoms with Crippen molar-refractivity contribution in [1.82, 2.24) is 14.5 Å². The third kappa shape index (κ3) is 4.01. The first-order valence-electron chi connectivity index (χ1n) is 15.2. The van der Waals surface area contributed by atoms with Gasteiger partial charge in [-0.3, -0.25) is 0 Å². The number of fused-ring (bicyclic) bond motifs is 6. The highest BCUT2D eigenvalue weighted by Gasteiger charge is 2.36. The van der Waals surface area contributed by atoms with Gasteiger partial charge in [-0.15, -0.1) is 0 Å². The van der Waals surface area contributed by atoms with Gasteiger partial charge < -0.3 is 4.57 Å². The molecule has 3 nitrogen and oxygen atoms in total. The fraction of sp³-hybridized carbons (Fsp3) is 0.100. The summed E-state index contributed by atoms with van der Waals surface area (Å²) in [6, 6.07) is 45.5. The van der Waals surface area contributed by atoms with E-state index in [0.29, 0.717) is 5.92 Å². The van der Waals surface area contributed by atoms with Gasteiger partial charge in [0.2, 0.25) is 0 Å². The van der Waals surface area contributed by atoms with E-state index in [0.717, 1.165) is 49.6 Å². The van der Waals surface area contributed by atoms with Crippen LogP contribution in [0.15, 0.2) is 132 Å². The lowest BCUT2D eigenvalue weighted by atomic mass is 9.96. The third-order valence-corrected chi connectivity index (χ3v) is 9.80. The van der Waals surface area contributed by atoms with Crippen LogP contribution in [-0.4, -0.2) is 14.5 Å². The molecular formula is C40H28BrN3. The molecule has 1 unspecified atom stereocenters. The molecule has 210 valence electrons. The van der Waals surface area contributed by atoms with Crippen LogP contribution in [0.1, 0.15) is 24.8 Å². The Morgan fingerprint density at radius 2 is 1.34 bits per heavy atom. The molecule has 2 aromatic heterocycles. The molecule has 0 bridgehead atoms. The first kappa shape index (κ1) is 25.7. The van der Waals surface area contributed by atoms with Gasteiger partial charge in [-0.05, 0) is 89.2 Å². The van der Waals surface area contributed by atoms with E-state index < -0.39 is 0 Å². The number of benzene rings is 6. The predicted molar refractivity (Wildman–Crippen MR) is 186 cm³/mol. The van der Waals surface area contributed by atoms with Crippen LogP contribution in [0.5, 0.6) is 0 Å². The van der Waals surface area contributed by atoms with E-state index in [4.69, 9.17) is 9.97 Å². The highest BCUT2D eigenvalue weighted by molar-refractivity contribution is 9.10. The van der Waals surface area contributed by atoms with Crippen molar-refractivity contribution >= 4 is 59.4 Å². The Bertz CT molecular complexity index is 2390. The van der Waals surface area contributed by atoms with Crippen molar-refractivity contribution < 1.29 is 0 Å². The van der Waals surface area contributed by atoms with E-state index >= 15 is 0 Å².